The fraction of sp³-hybridized carbons (Fsp3) is 0.556. The van der Waals surface area contributed by atoms with E-state index in [2.05, 4.69) is 11.1 Å². The van der Waals surface area contributed by atoms with Crippen molar-refractivity contribution >= 4 is 11.8 Å². The zero-order valence-corrected chi connectivity index (χ0v) is 9.08. The fourth-order valence-corrected chi connectivity index (χ4v) is 1.87. The lowest BCUT2D eigenvalue weighted by Crippen LogP contribution is -2.02. The van der Waals surface area contributed by atoms with Crippen LogP contribution in [0.2, 0.25) is 0 Å². The van der Waals surface area contributed by atoms with Crippen molar-refractivity contribution in [2.45, 2.75) is 30.4 Å². The topological polar surface area (TPSA) is 61.8 Å². The zero-order valence-electron chi connectivity index (χ0n) is 8.27. The molecule has 1 aromatic rings. The van der Waals surface area contributed by atoms with Gasteiger partial charge in [0.05, 0.1) is 29.8 Å². The molecule has 4 nitrogen and oxygen atoms in total. The van der Waals surface area contributed by atoms with E-state index in [9.17, 15) is 0 Å². The van der Waals surface area contributed by atoms with Crippen molar-refractivity contribution in [2.75, 3.05) is 0 Å². The van der Waals surface area contributed by atoms with E-state index in [0.29, 0.717) is 0 Å². The van der Waals surface area contributed by atoms with Gasteiger partial charge < -0.3 is 9.67 Å². The molecule has 0 spiro atoms. The minimum Gasteiger partial charge on any atom is -0.390 e. The van der Waals surface area contributed by atoms with Crippen molar-refractivity contribution in [1.29, 1.82) is 5.26 Å². The summed E-state index contributed by atoms with van der Waals surface area (Å²) < 4.78 is 1.81. The summed E-state index contributed by atoms with van der Waals surface area (Å²) >= 11 is 1.43. The first-order valence-electron chi connectivity index (χ1n) is 4.40. The Morgan fingerprint density at radius 3 is 2.93 bits per heavy atom. The Balaban J connectivity index is 2.77. The van der Waals surface area contributed by atoms with Crippen molar-refractivity contribution in [1.82, 2.24) is 9.55 Å². The highest BCUT2D eigenvalue weighted by Gasteiger charge is 2.12. The van der Waals surface area contributed by atoms with Crippen molar-refractivity contribution in [3.63, 3.8) is 0 Å². The number of aliphatic hydroxyl groups excluding tert-OH is 1. The number of hydrogen-bond donors (Lipinski definition) is 1. The highest BCUT2D eigenvalue weighted by Crippen LogP contribution is 2.23. The fourth-order valence-electron chi connectivity index (χ4n) is 1.01. The lowest BCUT2D eigenvalue weighted by atomic mass is 10.4. The molecule has 0 bridgehead atoms. The summed E-state index contributed by atoms with van der Waals surface area (Å²) in [5.74, 6) is 0. The lowest BCUT2D eigenvalue weighted by Gasteiger charge is -2.06. The van der Waals surface area contributed by atoms with E-state index in [1.165, 1.54) is 11.8 Å². The van der Waals surface area contributed by atoms with Crippen LogP contribution in [0.5, 0.6) is 0 Å². The predicted octanol–water partition coefficient (Wildman–Crippen LogP) is 1.31. The Morgan fingerprint density at radius 2 is 2.50 bits per heavy atom. The Labute approximate surface area is 87.6 Å². The van der Waals surface area contributed by atoms with E-state index in [-0.39, 0.29) is 11.9 Å². The first kappa shape index (κ1) is 11.1. The summed E-state index contributed by atoms with van der Waals surface area (Å²) in [4.78, 5) is 4.14. The first-order chi connectivity index (χ1) is 6.72. The molecule has 1 aromatic heterocycles. The molecule has 0 fully saturated rings. The van der Waals surface area contributed by atoms with E-state index in [0.717, 1.165) is 17.3 Å². The van der Waals surface area contributed by atoms with Crippen molar-refractivity contribution < 1.29 is 5.11 Å². The highest BCUT2D eigenvalue weighted by molar-refractivity contribution is 8.00. The number of aromatic nitrogens is 2. The van der Waals surface area contributed by atoms with E-state index in [1.54, 1.807) is 6.20 Å². The summed E-state index contributed by atoms with van der Waals surface area (Å²) in [5, 5.41) is 18.4. The summed E-state index contributed by atoms with van der Waals surface area (Å²) in [5.41, 5.74) is 0.764. The molecule has 0 aromatic carbocycles. The van der Waals surface area contributed by atoms with Crippen LogP contribution in [0.25, 0.3) is 0 Å². The quantitative estimate of drug-likeness (QED) is 0.763. The molecule has 1 heterocycles. The van der Waals surface area contributed by atoms with Crippen LogP contribution in [-0.4, -0.2) is 19.9 Å². The molecule has 76 valence electrons. The summed E-state index contributed by atoms with van der Waals surface area (Å²) in [7, 11) is 1.84. The van der Waals surface area contributed by atoms with Gasteiger partial charge in [0.25, 0.3) is 0 Å². The summed E-state index contributed by atoms with van der Waals surface area (Å²) in [6, 6.07) is 2.20. The molecule has 1 N–H and O–H groups in total. The van der Waals surface area contributed by atoms with Crippen LogP contribution < -0.4 is 0 Å². The number of imidazole rings is 1. The van der Waals surface area contributed by atoms with Crippen LogP contribution in [0, 0.1) is 11.3 Å². The second kappa shape index (κ2) is 5.03. The maximum atomic E-state index is 8.95. The van der Waals surface area contributed by atoms with Crippen molar-refractivity contribution in [2.24, 2.45) is 7.05 Å². The average molecular weight is 211 g/mol. The van der Waals surface area contributed by atoms with Crippen LogP contribution in [-0.2, 0) is 13.7 Å². The number of nitriles is 1. The van der Waals surface area contributed by atoms with Gasteiger partial charge in [0, 0.05) is 7.05 Å². The number of aliphatic hydroxyl groups is 1. The van der Waals surface area contributed by atoms with Crippen LogP contribution in [0.1, 0.15) is 19.0 Å². The van der Waals surface area contributed by atoms with Crippen LogP contribution in [0.3, 0.4) is 0 Å². The number of hydrogen-bond acceptors (Lipinski definition) is 4. The first-order valence-corrected chi connectivity index (χ1v) is 5.28. The van der Waals surface area contributed by atoms with Gasteiger partial charge in [-0.2, -0.15) is 5.26 Å². The second-order valence-electron chi connectivity index (χ2n) is 2.89. The van der Waals surface area contributed by atoms with Gasteiger partial charge in [-0.3, -0.25) is 0 Å². The van der Waals surface area contributed by atoms with Gasteiger partial charge in [-0.1, -0.05) is 18.7 Å². The van der Waals surface area contributed by atoms with E-state index in [4.69, 9.17) is 10.4 Å². The minimum absolute atomic E-state index is 0.0204. The molecule has 5 heteroatoms. The van der Waals surface area contributed by atoms with Gasteiger partial charge in [-0.15, -0.1) is 0 Å². The van der Waals surface area contributed by atoms with E-state index < -0.39 is 0 Å². The van der Waals surface area contributed by atoms with Crippen LogP contribution in [0.4, 0.5) is 0 Å². The van der Waals surface area contributed by atoms with Gasteiger partial charge >= 0.3 is 0 Å². The smallest absolute Gasteiger partial charge is 0.169 e. The molecule has 14 heavy (non-hydrogen) atoms. The third-order valence-electron chi connectivity index (χ3n) is 1.97. The Morgan fingerprint density at radius 1 is 1.79 bits per heavy atom. The third kappa shape index (κ3) is 2.28. The van der Waals surface area contributed by atoms with Gasteiger partial charge in [-0.05, 0) is 6.42 Å². The van der Waals surface area contributed by atoms with Gasteiger partial charge in [0.15, 0.2) is 5.16 Å². The third-order valence-corrected chi connectivity index (χ3v) is 3.28. The Hall–Kier alpha value is -0.990. The average Bonchev–Trinajstić information content (AvgIpc) is 2.56. The molecule has 0 aliphatic rings. The normalized spacial score (nSPS) is 12.4. The largest absolute Gasteiger partial charge is 0.390 e. The zero-order chi connectivity index (χ0) is 10.6. The van der Waals surface area contributed by atoms with Crippen LogP contribution in [0.15, 0.2) is 11.4 Å². The molecule has 1 unspecified atom stereocenters. The van der Waals surface area contributed by atoms with E-state index >= 15 is 0 Å². The molecule has 0 amide bonds. The molecule has 0 aliphatic heterocycles. The predicted molar refractivity (Wildman–Crippen MR) is 54.7 cm³/mol. The van der Waals surface area contributed by atoms with E-state index in [1.807, 2.05) is 18.5 Å². The summed E-state index contributed by atoms with van der Waals surface area (Å²) in [6.45, 7) is 1.95. The lowest BCUT2D eigenvalue weighted by molar-refractivity contribution is 0.271. The standard InChI is InChI=1S/C9H13N3OS/c1-3-8(4-10)14-9-11-5-7(6-13)12(9)2/h5,8,13H,3,6H2,1-2H3. The molecule has 1 rings (SSSR count). The number of thioether (sulfide) groups is 1. The SMILES string of the molecule is CCC(C#N)Sc1ncc(CO)n1C. The maximum absolute atomic E-state index is 8.95. The molecule has 0 saturated carbocycles. The Bertz CT molecular complexity index is 342. The van der Waals surface area contributed by atoms with Crippen LogP contribution >= 0.6 is 11.8 Å². The molecular weight excluding hydrogens is 198 g/mol. The van der Waals surface area contributed by atoms with Crippen molar-refractivity contribution in [3.8, 4) is 6.07 Å². The molecule has 0 saturated heterocycles. The second-order valence-corrected chi connectivity index (χ2v) is 4.06. The minimum atomic E-state index is -0.0670. The van der Waals surface area contributed by atoms with Gasteiger partial charge in [0.1, 0.15) is 0 Å². The number of nitrogens with zero attached hydrogens (tertiary/aromatic N) is 3. The molecule has 0 radical (unpaired) electrons. The highest BCUT2D eigenvalue weighted by atomic mass is 32.2. The monoisotopic (exact) mass is 211 g/mol. The van der Waals surface area contributed by atoms with Crippen molar-refractivity contribution in [3.05, 3.63) is 11.9 Å². The summed E-state index contributed by atoms with van der Waals surface area (Å²) in [6.07, 6.45) is 2.43. The molecule has 1 atom stereocenters. The van der Waals surface area contributed by atoms with Gasteiger partial charge in [-0.25, -0.2) is 4.98 Å². The Kier molecular flexibility index (Phi) is 3.98. The molecular formula is C9H13N3OS. The van der Waals surface area contributed by atoms with Gasteiger partial charge in [0.2, 0.25) is 0 Å². The number of rotatable bonds is 4. The molecule has 0 aliphatic carbocycles. The maximum Gasteiger partial charge on any atom is 0.169 e.